The zero-order valence-corrected chi connectivity index (χ0v) is 10.4. The highest BCUT2D eigenvalue weighted by Crippen LogP contribution is 2.19. The fraction of sp³-hybridized carbons (Fsp3) is 0.375. The molecule has 7 heteroatoms. The van der Waals surface area contributed by atoms with Gasteiger partial charge in [0.15, 0.2) is 5.82 Å². The number of nitrogens with zero attached hydrogens (tertiary/aromatic N) is 4. The van der Waals surface area contributed by atoms with E-state index in [1.54, 1.807) is 4.68 Å². The molecule has 0 amide bonds. The summed E-state index contributed by atoms with van der Waals surface area (Å²) in [6.45, 7) is 3.89. The molecule has 2 aromatic rings. The molecule has 2 aromatic heterocycles. The van der Waals surface area contributed by atoms with E-state index in [1.807, 2.05) is 12.3 Å². The predicted molar refractivity (Wildman–Crippen MR) is 57.5 cm³/mol. The number of hydrogen-bond donors (Lipinski definition) is 0. The van der Waals surface area contributed by atoms with Gasteiger partial charge in [0.1, 0.15) is 0 Å². The van der Waals surface area contributed by atoms with Crippen molar-refractivity contribution in [3.8, 4) is 11.1 Å². The Morgan fingerprint density at radius 2 is 2.33 bits per heavy atom. The highest BCUT2D eigenvalue weighted by Gasteiger charge is 2.11. The third-order valence-electron chi connectivity index (χ3n) is 1.87. The van der Waals surface area contributed by atoms with Crippen molar-refractivity contribution in [1.82, 2.24) is 19.7 Å². The second kappa shape index (κ2) is 4.31. The molecule has 5 nitrogen and oxygen atoms in total. The van der Waals surface area contributed by atoms with Crippen LogP contribution in [0.2, 0.25) is 0 Å². The molecule has 2 rings (SSSR count). The van der Waals surface area contributed by atoms with Crippen LogP contribution in [0.25, 0.3) is 5.13 Å². The van der Waals surface area contributed by atoms with Crippen LogP contribution in [0.15, 0.2) is 5.38 Å². The van der Waals surface area contributed by atoms with Crippen LogP contribution in [-0.4, -0.2) is 36.4 Å². The summed E-state index contributed by atoms with van der Waals surface area (Å²) in [4.78, 5) is 8.53. The first kappa shape index (κ1) is 10.6. The van der Waals surface area contributed by atoms with Gasteiger partial charge < -0.3 is 3.79 Å². The van der Waals surface area contributed by atoms with Gasteiger partial charge in [0.05, 0.1) is 5.69 Å². The van der Waals surface area contributed by atoms with Crippen LogP contribution in [-0.2, 0) is 6.42 Å². The van der Waals surface area contributed by atoms with Gasteiger partial charge in [-0.05, 0) is 13.3 Å². The largest absolute Gasteiger partial charge is 0.626 e. The Hall–Kier alpha value is -0.898. The van der Waals surface area contributed by atoms with Gasteiger partial charge in [0.2, 0.25) is 5.13 Å². The molecule has 0 N–H and O–H groups in total. The average Bonchev–Trinajstić information content (AvgIpc) is 2.82. The molecular formula is C8H9AlN4OS. The summed E-state index contributed by atoms with van der Waals surface area (Å²) >= 11 is 3.69. The monoisotopic (exact) mass is 236 g/mol. The molecule has 76 valence electrons. The summed E-state index contributed by atoms with van der Waals surface area (Å²) in [5.41, 5.74) is 1.05. The summed E-state index contributed by atoms with van der Waals surface area (Å²) < 4.78 is 6.64. The zero-order chi connectivity index (χ0) is 10.8. The second-order valence-corrected chi connectivity index (χ2v) is 4.02. The lowest BCUT2D eigenvalue weighted by molar-refractivity contribution is 0.534. The van der Waals surface area contributed by atoms with Gasteiger partial charge in [0.25, 0.3) is 6.01 Å². The van der Waals surface area contributed by atoms with E-state index in [2.05, 4.69) is 38.6 Å². The van der Waals surface area contributed by atoms with Crippen LogP contribution in [0.4, 0.5) is 0 Å². The lowest BCUT2D eigenvalue weighted by Gasteiger charge is -2.00. The Labute approximate surface area is 99.9 Å². The van der Waals surface area contributed by atoms with Crippen LogP contribution in [0.1, 0.15) is 18.4 Å². The SMILES string of the molecule is CCc1csc(-n2nc(C)nc2[O][Al])n1. The van der Waals surface area contributed by atoms with Crippen LogP contribution < -0.4 is 3.79 Å². The summed E-state index contributed by atoms with van der Waals surface area (Å²) in [5, 5.41) is 7.01. The van der Waals surface area contributed by atoms with E-state index in [0.29, 0.717) is 11.8 Å². The summed E-state index contributed by atoms with van der Waals surface area (Å²) in [6, 6.07) is 0.439. The van der Waals surface area contributed by atoms with Gasteiger partial charge in [-0.1, -0.05) is 6.92 Å². The lowest BCUT2D eigenvalue weighted by atomic mass is 10.4. The molecule has 15 heavy (non-hydrogen) atoms. The van der Waals surface area contributed by atoms with Gasteiger partial charge >= 0.3 is 16.6 Å². The first-order chi connectivity index (χ1) is 7.24. The minimum absolute atomic E-state index is 0.439. The highest BCUT2D eigenvalue weighted by molar-refractivity contribution is 7.12. The first-order valence-corrected chi connectivity index (χ1v) is 5.85. The Morgan fingerprint density at radius 3 is 2.93 bits per heavy atom. The van der Waals surface area contributed by atoms with Crippen LogP contribution >= 0.6 is 11.3 Å². The maximum absolute atomic E-state index is 5.04. The van der Waals surface area contributed by atoms with Crippen LogP contribution in [0.5, 0.6) is 6.01 Å². The molecule has 2 heterocycles. The minimum Gasteiger partial charge on any atom is -0.626 e. The maximum Gasteiger partial charge on any atom is 0.485 e. The van der Waals surface area contributed by atoms with Gasteiger partial charge in [-0.25, -0.2) is 4.98 Å². The van der Waals surface area contributed by atoms with Crippen molar-refractivity contribution in [3.05, 3.63) is 16.9 Å². The van der Waals surface area contributed by atoms with E-state index >= 15 is 0 Å². The van der Waals surface area contributed by atoms with Gasteiger partial charge in [-0.2, -0.15) is 9.67 Å². The second-order valence-electron chi connectivity index (χ2n) is 2.95. The quantitative estimate of drug-likeness (QED) is 0.748. The van der Waals surface area contributed by atoms with E-state index in [9.17, 15) is 0 Å². The van der Waals surface area contributed by atoms with E-state index < -0.39 is 0 Å². The molecule has 0 aliphatic rings. The van der Waals surface area contributed by atoms with E-state index in [-0.39, 0.29) is 0 Å². The van der Waals surface area contributed by atoms with Crippen molar-refractivity contribution in [2.75, 3.05) is 0 Å². The first-order valence-electron chi connectivity index (χ1n) is 4.49. The van der Waals surface area contributed by atoms with Gasteiger partial charge in [-0.3, -0.25) is 0 Å². The van der Waals surface area contributed by atoms with Crippen molar-refractivity contribution >= 4 is 28.0 Å². The number of thiazole rings is 1. The Morgan fingerprint density at radius 1 is 1.53 bits per heavy atom. The summed E-state index contributed by atoms with van der Waals surface area (Å²) in [5.74, 6) is 0.667. The number of aryl methyl sites for hydroxylation is 2. The maximum atomic E-state index is 5.04. The Kier molecular flexibility index (Phi) is 3.05. The predicted octanol–water partition coefficient (Wildman–Crippen LogP) is 1.06. The molecular weight excluding hydrogens is 227 g/mol. The van der Waals surface area contributed by atoms with Gasteiger partial charge in [0, 0.05) is 5.38 Å². The Balaban J connectivity index is 2.43. The molecule has 0 aliphatic carbocycles. The fourth-order valence-corrected chi connectivity index (χ4v) is 2.15. The van der Waals surface area contributed by atoms with E-state index in [0.717, 1.165) is 17.2 Å². The van der Waals surface area contributed by atoms with Crippen LogP contribution in [0, 0.1) is 6.92 Å². The molecule has 0 aliphatic heterocycles. The smallest absolute Gasteiger partial charge is 0.485 e. The summed E-state index contributed by atoms with van der Waals surface area (Å²) in [7, 11) is 0. The minimum atomic E-state index is 0.439. The zero-order valence-electron chi connectivity index (χ0n) is 8.47. The van der Waals surface area contributed by atoms with E-state index in [1.165, 1.54) is 11.3 Å². The molecule has 2 radical (unpaired) electrons. The van der Waals surface area contributed by atoms with E-state index in [4.69, 9.17) is 3.79 Å². The number of rotatable bonds is 3. The molecule has 0 bridgehead atoms. The molecule has 0 saturated carbocycles. The molecule has 0 aromatic carbocycles. The molecule has 0 unspecified atom stereocenters. The molecule has 0 fully saturated rings. The Bertz CT molecular complexity index is 467. The molecule has 0 saturated heterocycles. The number of aromatic nitrogens is 4. The number of hydrogen-bond acceptors (Lipinski definition) is 5. The molecule has 0 atom stereocenters. The molecule has 0 spiro atoms. The third-order valence-corrected chi connectivity index (χ3v) is 2.95. The lowest BCUT2D eigenvalue weighted by Crippen LogP contribution is -2.00. The van der Waals surface area contributed by atoms with Gasteiger partial charge in [-0.15, -0.1) is 16.4 Å². The van der Waals surface area contributed by atoms with Crippen molar-refractivity contribution in [1.29, 1.82) is 0 Å². The fourth-order valence-electron chi connectivity index (χ4n) is 1.15. The normalized spacial score (nSPS) is 10.5. The third kappa shape index (κ3) is 2.05. The van der Waals surface area contributed by atoms with Crippen LogP contribution in [0.3, 0.4) is 0 Å². The highest BCUT2D eigenvalue weighted by atomic mass is 32.1. The van der Waals surface area contributed by atoms with Crippen molar-refractivity contribution in [2.24, 2.45) is 0 Å². The van der Waals surface area contributed by atoms with Crippen molar-refractivity contribution < 1.29 is 3.79 Å². The average molecular weight is 236 g/mol. The van der Waals surface area contributed by atoms with Crippen molar-refractivity contribution in [3.63, 3.8) is 0 Å². The van der Waals surface area contributed by atoms with Crippen molar-refractivity contribution in [2.45, 2.75) is 20.3 Å². The topological polar surface area (TPSA) is 52.8 Å². The summed E-state index contributed by atoms with van der Waals surface area (Å²) in [6.07, 6.45) is 0.918. The standard InChI is InChI=1S/C8H10N4OS.Al/c1-3-6-4-14-8(10-6)12-7(13)9-5(2)11-12;/h4H,3H2,1-2H3,(H,9,11,13);/q;+1/p-1.